The first kappa shape index (κ1) is 14.6. The number of nitrogens with zero attached hydrogens (tertiary/aromatic N) is 2. The molecule has 1 aromatic carbocycles. The van der Waals surface area contributed by atoms with Crippen molar-refractivity contribution in [3.63, 3.8) is 0 Å². The summed E-state index contributed by atoms with van der Waals surface area (Å²) >= 11 is 0. The van der Waals surface area contributed by atoms with E-state index in [0.717, 1.165) is 10.7 Å². The van der Waals surface area contributed by atoms with E-state index in [1.165, 1.54) is 0 Å². The summed E-state index contributed by atoms with van der Waals surface area (Å²) in [6.07, 6.45) is 1.21. The van der Waals surface area contributed by atoms with Gasteiger partial charge in [0.05, 0.1) is 18.4 Å². The second-order valence-electron chi connectivity index (χ2n) is 4.79. The summed E-state index contributed by atoms with van der Waals surface area (Å²) in [6, 6.07) is 9.06. The molecule has 3 N–H and O–H groups in total. The molecule has 8 nitrogen and oxygen atoms in total. The molecule has 8 heteroatoms. The van der Waals surface area contributed by atoms with Crippen molar-refractivity contribution in [3.05, 3.63) is 58.0 Å². The molecule has 3 rings (SSSR count). The molecule has 3 aromatic rings. The summed E-state index contributed by atoms with van der Waals surface area (Å²) in [5, 5.41) is 23.0. The fourth-order valence-electron chi connectivity index (χ4n) is 2.21. The third kappa shape index (κ3) is 2.73. The minimum atomic E-state index is -1.24. The largest absolute Gasteiger partial charge is 0.493 e. The third-order valence-corrected chi connectivity index (χ3v) is 3.34. The second-order valence-corrected chi connectivity index (χ2v) is 4.79. The van der Waals surface area contributed by atoms with Crippen molar-refractivity contribution in [3.8, 4) is 11.6 Å². The van der Waals surface area contributed by atoms with Crippen LogP contribution < -0.4 is 10.3 Å². The van der Waals surface area contributed by atoms with Crippen LogP contribution in [0.2, 0.25) is 0 Å². The number of ether oxygens (including phenoxy) is 1. The van der Waals surface area contributed by atoms with Crippen LogP contribution in [0.4, 0.5) is 0 Å². The number of rotatable bonds is 5. The standard InChI is InChI=1S/C15H13N3O5/c19-13-10(6-7-23-9-4-2-1-3-5-9)14(20)18-12(17-13)11(8-16-18)15(21)22/h1-5,8,20H,6-7H2,(H,17,19)(H,21,22). The SMILES string of the molecule is O=C(O)c1cnn2c(O)c(CCOc3ccccc3)c(=O)[nH]c12. The van der Waals surface area contributed by atoms with Crippen LogP contribution in [0.15, 0.2) is 41.3 Å². The molecular formula is C15H13N3O5. The van der Waals surface area contributed by atoms with E-state index in [1.807, 2.05) is 18.2 Å². The number of nitrogens with one attached hydrogen (secondary N) is 1. The quantitative estimate of drug-likeness (QED) is 0.648. The van der Waals surface area contributed by atoms with E-state index in [9.17, 15) is 14.7 Å². The molecule has 0 aliphatic carbocycles. The van der Waals surface area contributed by atoms with Gasteiger partial charge in [-0.15, -0.1) is 0 Å². The molecule has 0 aliphatic heterocycles. The Kier molecular flexibility index (Phi) is 3.71. The first-order chi connectivity index (χ1) is 11.1. The summed E-state index contributed by atoms with van der Waals surface area (Å²) in [5.74, 6) is -0.986. The highest BCUT2D eigenvalue weighted by atomic mass is 16.5. The van der Waals surface area contributed by atoms with Crippen LogP contribution in [0.25, 0.3) is 5.65 Å². The first-order valence-corrected chi connectivity index (χ1v) is 6.81. The Hall–Kier alpha value is -3.29. The average molecular weight is 315 g/mol. The Labute approximate surface area is 129 Å². The van der Waals surface area contributed by atoms with Gasteiger partial charge in [-0.2, -0.15) is 9.61 Å². The molecule has 2 aromatic heterocycles. The highest BCUT2D eigenvalue weighted by molar-refractivity contribution is 5.94. The zero-order chi connectivity index (χ0) is 16.4. The Balaban J connectivity index is 1.87. The van der Waals surface area contributed by atoms with Crippen molar-refractivity contribution in [2.75, 3.05) is 6.61 Å². The van der Waals surface area contributed by atoms with Gasteiger partial charge in [-0.1, -0.05) is 18.2 Å². The number of para-hydroxylation sites is 1. The van der Waals surface area contributed by atoms with E-state index in [-0.39, 0.29) is 29.8 Å². The number of H-pyrrole nitrogens is 1. The number of hydrogen-bond donors (Lipinski definition) is 3. The zero-order valence-corrected chi connectivity index (χ0v) is 11.9. The lowest BCUT2D eigenvalue weighted by Gasteiger charge is -2.08. The predicted octanol–water partition coefficient (Wildman–Crippen LogP) is 1.05. The van der Waals surface area contributed by atoms with Crippen LogP contribution in [0.3, 0.4) is 0 Å². The number of fused-ring (bicyclic) bond motifs is 1. The predicted molar refractivity (Wildman–Crippen MR) is 80.1 cm³/mol. The molecule has 0 unspecified atom stereocenters. The maximum Gasteiger partial charge on any atom is 0.341 e. The lowest BCUT2D eigenvalue weighted by atomic mass is 10.2. The molecule has 0 spiro atoms. The van der Waals surface area contributed by atoms with Crippen LogP contribution in [-0.4, -0.2) is 37.4 Å². The second kappa shape index (κ2) is 5.84. The summed E-state index contributed by atoms with van der Waals surface area (Å²) in [5.41, 5.74) is -0.750. The van der Waals surface area contributed by atoms with Gasteiger partial charge < -0.3 is 19.9 Å². The van der Waals surface area contributed by atoms with Gasteiger partial charge in [0.25, 0.3) is 5.56 Å². The zero-order valence-electron chi connectivity index (χ0n) is 11.9. The highest BCUT2D eigenvalue weighted by Crippen LogP contribution is 2.17. The monoisotopic (exact) mass is 315 g/mol. The van der Waals surface area contributed by atoms with Gasteiger partial charge in [0.15, 0.2) is 5.65 Å². The van der Waals surface area contributed by atoms with Crippen molar-refractivity contribution in [2.45, 2.75) is 6.42 Å². The van der Waals surface area contributed by atoms with E-state index in [1.54, 1.807) is 12.1 Å². The number of carbonyl (C=O) groups is 1. The van der Waals surface area contributed by atoms with Crippen LogP contribution in [0.5, 0.6) is 11.6 Å². The van der Waals surface area contributed by atoms with Gasteiger partial charge in [0.1, 0.15) is 11.3 Å². The van der Waals surface area contributed by atoms with Gasteiger partial charge in [-0.25, -0.2) is 4.79 Å². The molecule has 2 heterocycles. The van der Waals surface area contributed by atoms with E-state index in [0.29, 0.717) is 5.75 Å². The van der Waals surface area contributed by atoms with Gasteiger partial charge in [0.2, 0.25) is 5.88 Å². The van der Waals surface area contributed by atoms with Gasteiger partial charge in [0, 0.05) is 6.42 Å². The van der Waals surface area contributed by atoms with Crippen LogP contribution in [0, 0.1) is 0 Å². The Morgan fingerprint density at radius 1 is 1.30 bits per heavy atom. The normalized spacial score (nSPS) is 10.8. The molecule has 0 fully saturated rings. The first-order valence-electron chi connectivity index (χ1n) is 6.81. The summed E-state index contributed by atoms with van der Waals surface area (Å²) in [7, 11) is 0. The smallest absolute Gasteiger partial charge is 0.341 e. The number of aromatic nitrogens is 3. The molecule has 0 radical (unpaired) electrons. The molecule has 0 saturated carbocycles. The summed E-state index contributed by atoms with van der Waals surface area (Å²) < 4.78 is 6.48. The number of aromatic hydroxyl groups is 1. The molecule has 23 heavy (non-hydrogen) atoms. The van der Waals surface area contributed by atoms with Crippen molar-refractivity contribution < 1.29 is 19.7 Å². The Morgan fingerprint density at radius 3 is 2.74 bits per heavy atom. The minimum Gasteiger partial charge on any atom is -0.493 e. The maximum absolute atomic E-state index is 12.1. The average Bonchev–Trinajstić information content (AvgIpc) is 2.95. The number of benzene rings is 1. The minimum absolute atomic E-state index is 0.0623. The van der Waals surface area contributed by atoms with E-state index < -0.39 is 17.4 Å². The van der Waals surface area contributed by atoms with Crippen LogP contribution >= 0.6 is 0 Å². The number of aromatic amines is 1. The molecule has 0 aliphatic rings. The summed E-state index contributed by atoms with van der Waals surface area (Å²) in [4.78, 5) is 25.5. The fraction of sp³-hybridized carbons (Fsp3) is 0.133. The van der Waals surface area contributed by atoms with Crippen molar-refractivity contribution in [1.82, 2.24) is 14.6 Å². The number of hydrogen-bond acceptors (Lipinski definition) is 5. The number of carboxylic acids is 1. The number of carboxylic acid groups (broad SMARTS) is 1. The Morgan fingerprint density at radius 2 is 2.04 bits per heavy atom. The van der Waals surface area contributed by atoms with Gasteiger partial charge >= 0.3 is 5.97 Å². The molecule has 0 atom stereocenters. The van der Waals surface area contributed by atoms with Crippen molar-refractivity contribution in [1.29, 1.82) is 0 Å². The van der Waals surface area contributed by atoms with Crippen LogP contribution in [0.1, 0.15) is 15.9 Å². The molecule has 0 bridgehead atoms. The van der Waals surface area contributed by atoms with E-state index >= 15 is 0 Å². The number of aromatic carboxylic acids is 1. The van der Waals surface area contributed by atoms with Gasteiger partial charge in [-0.3, -0.25) is 4.79 Å². The third-order valence-electron chi connectivity index (χ3n) is 3.34. The molecular weight excluding hydrogens is 302 g/mol. The maximum atomic E-state index is 12.1. The van der Waals surface area contributed by atoms with Gasteiger partial charge in [-0.05, 0) is 12.1 Å². The van der Waals surface area contributed by atoms with E-state index in [2.05, 4.69) is 10.1 Å². The molecule has 0 saturated heterocycles. The summed E-state index contributed by atoms with van der Waals surface area (Å²) in [6.45, 7) is 0.180. The molecule has 0 amide bonds. The highest BCUT2D eigenvalue weighted by Gasteiger charge is 2.18. The van der Waals surface area contributed by atoms with E-state index in [4.69, 9.17) is 9.84 Å². The molecule has 118 valence electrons. The van der Waals surface area contributed by atoms with Crippen molar-refractivity contribution >= 4 is 11.6 Å². The van der Waals surface area contributed by atoms with Crippen molar-refractivity contribution in [2.24, 2.45) is 0 Å². The van der Waals surface area contributed by atoms with Crippen LogP contribution in [-0.2, 0) is 6.42 Å². The Bertz CT molecular complexity index is 914. The topological polar surface area (TPSA) is 117 Å². The lowest BCUT2D eigenvalue weighted by Crippen LogP contribution is -2.19. The lowest BCUT2D eigenvalue weighted by molar-refractivity contribution is 0.0698. The fourth-order valence-corrected chi connectivity index (χ4v) is 2.21.